The zero-order valence-corrected chi connectivity index (χ0v) is 43.1. The van der Waals surface area contributed by atoms with E-state index in [1.54, 1.807) is 0 Å². The van der Waals surface area contributed by atoms with Crippen LogP contribution in [0.2, 0.25) is 0 Å². The van der Waals surface area contributed by atoms with Crippen molar-refractivity contribution >= 4 is 59.0 Å². The molecule has 0 radical (unpaired) electrons. The van der Waals surface area contributed by atoms with E-state index in [-0.39, 0.29) is 11.8 Å². The zero-order valence-electron chi connectivity index (χ0n) is 43.1. The first-order chi connectivity index (χ1) is 36.1. The van der Waals surface area contributed by atoms with Crippen molar-refractivity contribution in [2.45, 2.75) is 114 Å². The highest BCUT2D eigenvalue weighted by molar-refractivity contribution is 5.94. The summed E-state index contributed by atoms with van der Waals surface area (Å²) in [6.45, 7) is 10.4. The molecule has 6 rings (SSSR count). The van der Waals surface area contributed by atoms with Crippen molar-refractivity contribution in [1.82, 2.24) is 9.80 Å². The summed E-state index contributed by atoms with van der Waals surface area (Å²) in [4.78, 5) is 95.1. The van der Waals surface area contributed by atoms with Crippen LogP contribution in [0.3, 0.4) is 0 Å². The summed E-state index contributed by atoms with van der Waals surface area (Å²) in [6, 6.07) is 42.3. The van der Waals surface area contributed by atoms with Crippen LogP contribution < -0.4 is 9.80 Å². The molecule has 76 heavy (non-hydrogen) atoms. The predicted octanol–water partition coefficient (Wildman–Crippen LogP) is 5.78. The molecule has 0 aliphatic carbocycles. The Morgan fingerprint density at radius 2 is 0.684 bits per heavy atom. The van der Waals surface area contributed by atoms with Gasteiger partial charge in [-0.1, -0.05) is 111 Å². The number of para-hydroxylation sites is 2. The van der Waals surface area contributed by atoms with Crippen molar-refractivity contribution in [1.29, 1.82) is 0 Å². The lowest BCUT2D eigenvalue weighted by atomic mass is 9.96. The number of carbonyl (C=O) groups is 8. The van der Waals surface area contributed by atoms with Gasteiger partial charge in [-0.2, -0.15) is 0 Å². The minimum Gasteiger partial charge on any atom is -0.481 e. The third-order valence-electron chi connectivity index (χ3n) is 12.7. The highest BCUT2D eigenvalue weighted by atomic mass is 16.4. The quantitative estimate of drug-likeness (QED) is 0.0463. The molecule has 0 unspecified atom stereocenters. The Hall–Kier alpha value is -7.52. The molecular formula is C56H72N4O16. The van der Waals surface area contributed by atoms with Gasteiger partial charge in [0.05, 0.1) is 25.7 Å². The van der Waals surface area contributed by atoms with E-state index in [1.165, 1.54) is 11.1 Å². The van der Waals surface area contributed by atoms with Crippen molar-refractivity contribution in [2.24, 2.45) is 0 Å². The molecule has 2 aliphatic heterocycles. The van der Waals surface area contributed by atoms with Gasteiger partial charge in [-0.25, -0.2) is 9.59 Å². The zero-order chi connectivity index (χ0) is 56.3. The van der Waals surface area contributed by atoms with Gasteiger partial charge < -0.3 is 60.5 Å². The number of benzene rings is 4. The number of carbonyl (C=O) groups excluding carboxylic acids is 2. The maximum atomic E-state index is 12.5. The maximum Gasteiger partial charge on any atom is 0.336 e. The first-order valence-electron chi connectivity index (χ1n) is 25.2. The number of hydrogen-bond donors (Lipinski definition) is 8. The molecule has 2 heterocycles. The predicted molar refractivity (Wildman–Crippen MR) is 282 cm³/mol. The number of hydrogen-bond acceptors (Lipinski definition) is 12. The Balaban J connectivity index is 0.000000281. The molecule has 4 aromatic rings. The summed E-state index contributed by atoms with van der Waals surface area (Å²) in [7, 11) is 0. The second kappa shape index (κ2) is 32.0. The number of aliphatic hydroxyl groups is 2. The van der Waals surface area contributed by atoms with E-state index in [0.717, 1.165) is 89.2 Å². The molecule has 0 bridgehead atoms. The maximum absolute atomic E-state index is 12.5. The lowest BCUT2D eigenvalue weighted by molar-refractivity contribution is -0.170. The summed E-state index contributed by atoms with van der Waals surface area (Å²) in [6.07, 6.45) is 2.94. The van der Waals surface area contributed by atoms with E-state index < -0.39 is 72.7 Å². The third kappa shape index (κ3) is 21.7. The fourth-order valence-electron chi connectivity index (χ4n) is 8.73. The van der Waals surface area contributed by atoms with Crippen LogP contribution >= 0.6 is 0 Å². The summed E-state index contributed by atoms with van der Waals surface area (Å²) < 4.78 is 0. The molecular weight excluding hydrogens is 985 g/mol. The van der Waals surface area contributed by atoms with Gasteiger partial charge >= 0.3 is 35.8 Å². The van der Waals surface area contributed by atoms with Crippen LogP contribution in [0.1, 0.15) is 89.2 Å². The van der Waals surface area contributed by atoms with Gasteiger partial charge in [0.1, 0.15) is 0 Å². The topological polar surface area (TPSA) is 311 Å². The standard InChI is InChI=1S/2C22H28N2O.2C6H8O7/c2*1-2-22(25)24(20-11-7-4-8-12-20)21-14-17-23(18-15-21)16-13-19-9-5-3-6-10-19;2*7-3(8)1-6(13,5(11)12)2-4(9)10/h2*3-12,21H,2,13-18H2,1H3;2*13H,1-2H2,(H,7,8)(H,9,10)(H,11,12). The van der Waals surface area contributed by atoms with Crippen molar-refractivity contribution in [3.8, 4) is 0 Å². The number of carboxylic acid groups (broad SMARTS) is 6. The number of rotatable bonds is 22. The van der Waals surface area contributed by atoms with Crippen LogP contribution in [0.15, 0.2) is 121 Å². The van der Waals surface area contributed by atoms with E-state index in [1.807, 2.05) is 60.0 Å². The van der Waals surface area contributed by atoms with E-state index in [0.29, 0.717) is 24.9 Å². The SMILES string of the molecule is CCC(=O)N(c1ccccc1)C1CCN(CCc2ccccc2)CC1.CCC(=O)N(c1ccccc1)C1CCN(CCc2ccccc2)CC1.O=C(O)CC(O)(CC(=O)O)C(=O)O.O=C(O)CC(O)(CC(=O)O)C(=O)O. The van der Waals surface area contributed by atoms with Crippen molar-refractivity contribution in [2.75, 3.05) is 49.1 Å². The number of piperidine rings is 2. The number of amides is 2. The van der Waals surface area contributed by atoms with Gasteiger partial charge in [0.2, 0.25) is 11.8 Å². The molecule has 412 valence electrons. The Bertz CT molecular complexity index is 2250. The summed E-state index contributed by atoms with van der Waals surface area (Å²) >= 11 is 0. The van der Waals surface area contributed by atoms with Crippen molar-refractivity contribution < 1.29 is 79.2 Å². The summed E-state index contributed by atoms with van der Waals surface area (Å²) in [5, 5.41) is 67.6. The molecule has 20 heteroatoms. The Kier molecular flexibility index (Phi) is 26.5. The monoisotopic (exact) mass is 1060 g/mol. The van der Waals surface area contributed by atoms with Crippen LogP contribution in [0, 0.1) is 0 Å². The van der Waals surface area contributed by atoms with E-state index in [4.69, 9.17) is 40.9 Å². The molecule has 2 fully saturated rings. The van der Waals surface area contributed by atoms with Crippen LogP contribution in [-0.2, 0) is 51.2 Å². The molecule has 0 atom stereocenters. The minimum absolute atomic E-state index is 0.230. The number of anilines is 2. The molecule has 2 aliphatic rings. The van der Waals surface area contributed by atoms with Gasteiger partial charge in [-0.05, 0) is 73.9 Å². The lowest BCUT2D eigenvalue weighted by Gasteiger charge is -2.38. The Labute approximate surface area is 442 Å². The number of nitrogens with zero attached hydrogens (tertiary/aromatic N) is 4. The van der Waals surface area contributed by atoms with E-state index in [2.05, 4.69) is 94.7 Å². The normalized spacial score (nSPS) is 14.2. The molecule has 0 saturated carbocycles. The molecule has 0 spiro atoms. The molecule has 8 N–H and O–H groups in total. The summed E-state index contributed by atoms with van der Waals surface area (Å²) in [5.74, 6) is -9.58. The van der Waals surface area contributed by atoms with Crippen molar-refractivity contribution in [3.63, 3.8) is 0 Å². The highest BCUT2D eigenvalue weighted by Crippen LogP contribution is 2.27. The van der Waals surface area contributed by atoms with Crippen LogP contribution in [0.4, 0.5) is 11.4 Å². The smallest absolute Gasteiger partial charge is 0.336 e. The van der Waals surface area contributed by atoms with Crippen LogP contribution in [-0.4, -0.2) is 161 Å². The molecule has 2 amide bonds. The van der Waals surface area contributed by atoms with Gasteiger partial charge in [0, 0.05) is 75.6 Å². The fraction of sp³-hybridized carbons (Fsp3) is 0.429. The first-order valence-corrected chi connectivity index (χ1v) is 25.2. The number of likely N-dealkylation sites (tertiary alicyclic amines) is 2. The Morgan fingerprint density at radius 3 is 0.908 bits per heavy atom. The third-order valence-corrected chi connectivity index (χ3v) is 12.7. The van der Waals surface area contributed by atoms with Crippen LogP contribution in [0.25, 0.3) is 0 Å². The average molecular weight is 1060 g/mol. The number of aliphatic carboxylic acids is 6. The molecule has 2 saturated heterocycles. The van der Waals surface area contributed by atoms with Gasteiger partial charge in [-0.15, -0.1) is 0 Å². The number of carboxylic acids is 6. The van der Waals surface area contributed by atoms with Gasteiger partial charge in [0.25, 0.3) is 0 Å². The Morgan fingerprint density at radius 1 is 0.434 bits per heavy atom. The van der Waals surface area contributed by atoms with Gasteiger partial charge in [-0.3, -0.25) is 28.8 Å². The largest absolute Gasteiger partial charge is 0.481 e. The fourth-order valence-corrected chi connectivity index (χ4v) is 8.73. The minimum atomic E-state index is -2.74. The average Bonchev–Trinajstić information content (AvgIpc) is 3.39. The van der Waals surface area contributed by atoms with Gasteiger partial charge in [0.15, 0.2) is 11.2 Å². The van der Waals surface area contributed by atoms with E-state index in [9.17, 15) is 38.4 Å². The second-order valence-corrected chi connectivity index (χ2v) is 18.5. The van der Waals surface area contributed by atoms with Crippen LogP contribution in [0.5, 0.6) is 0 Å². The molecule has 4 aromatic carbocycles. The highest BCUT2D eigenvalue weighted by Gasteiger charge is 2.42. The van der Waals surface area contributed by atoms with Crippen molar-refractivity contribution in [3.05, 3.63) is 132 Å². The first kappa shape index (κ1) is 62.8. The summed E-state index contributed by atoms with van der Waals surface area (Å²) in [5.41, 5.74) is -0.599. The second-order valence-electron chi connectivity index (χ2n) is 18.5. The molecule has 20 nitrogen and oxygen atoms in total. The van der Waals surface area contributed by atoms with E-state index >= 15 is 0 Å². The molecule has 0 aromatic heterocycles. The lowest BCUT2D eigenvalue weighted by Crippen LogP contribution is -2.47.